The molecule has 6 nitrogen and oxygen atoms in total. The molecule has 2 unspecified atom stereocenters. The van der Waals surface area contributed by atoms with E-state index in [-0.39, 0.29) is 24.8 Å². The third-order valence-electron chi connectivity index (χ3n) is 4.15. The Morgan fingerprint density at radius 2 is 2.14 bits per heavy atom. The zero-order valence-corrected chi connectivity index (χ0v) is 13.4. The van der Waals surface area contributed by atoms with Crippen LogP contribution in [-0.4, -0.2) is 69.1 Å². The van der Waals surface area contributed by atoms with Gasteiger partial charge in [0.05, 0.1) is 12.4 Å². The van der Waals surface area contributed by atoms with Gasteiger partial charge in [-0.05, 0) is 6.42 Å². The zero-order valence-electron chi connectivity index (χ0n) is 12.6. The fourth-order valence-corrected chi connectivity index (χ4v) is 3.88. The molecular weight excluding hydrogens is 311 g/mol. The quantitative estimate of drug-likeness (QED) is 0.816. The van der Waals surface area contributed by atoms with Gasteiger partial charge in [0.25, 0.3) is 0 Å². The molecule has 1 N–H and O–H groups in total. The Hall–Kier alpha value is -1.31. The number of alkyl halides is 1. The van der Waals surface area contributed by atoms with Crippen LogP contribution in [0.1, 0.15) is 32.6 Å². The Kier molecular flexibility index (Phi) is 5.31. The van der Waals surface area contributed by atoms with Crippen molar-refractivity contribution in [3.63, 3.8) is 0 Å². The summed E-state index contributed by atoms with van der Waals surface area (Å²) < 4.78 is 14.1. The highest BCUT2D eigenvalue weighted by atomic mass is 32.2. The Morgan fingerprint density at radius 1 is 1.41 bits per heavy atom. The van der Waals surface area contributed by atoms with Crippen LogP contribution in [0.5, 0.6) is 0 Å². The first kappa shape index (κ1) is 17.1. The van der Waals surface area contributed by atoms with Crippen LogP contribution in [0.15, 0.2) is 0 Å². The second-order valence-corrected chi connectivity index (χ2v) is 6.76. The highest BCUT2D eigenvalue weighted by Gasteiger charge is 2.49. The average molecular weight is 332 g/mol. The zero-order chi connectivity index (χ0) is 16.3. The Morgan fingerprint density at radius 3 is 2.73 bits per heavy atom. The molecule has 2 aliphatic heterocycles. The normalized spacial score (nSPS) is 28.2. The van der Waals surface area contributed by atoms with Crippen LogP contribution in [0.25, 0.3) is 0 Å². The fourth-order valence-electron chi connectivity index (χ4n) is 2.71. The molecule has 0 aromatic carbocycles. The molecule has 124 valence electrons. The maximum atomic E-state index is 14.1. The van der Waals surface area contributed by atoms with Crippen molar-refractivity contribution in [2.45, 2.75) is 44.3 Å². The molecule has 0 saturated carbocycles. The number of hydrogen-bond acceptors (Lipinski definition) is 4. The molecular formula is C14H21FN2O4S. The molecule has 8 heteroatoms. The van der Waals surface area contributed by atoms with Gasteiger partial charge in [0.2, 0.25) is 17.5 Å². The van der Waals surface area contributed by atoms with Gasteiger partial charge in [-0.3, -0.25) is 9.59 Å². The highest BCUT2D eigenvalue weighted by Crippen LogP contribution is 2.29. The predicted octanol–water partition coefficient (Wildman–Crippen LogP) is 1.10. The molecule has 0 bridgehead atoms. The van der Waals surface area contributed by atoms with E-state index in [1.165, 1.54) is 16.7 Å². The lowest BCUT2D eigenvalue weighted by Gasteiger charge is -2.27. The van der Waals surface area contributed by atoms with E-state index in [1.54, 1.807) is 4.90 Å². The van der Waals surface area contributed by atoms with Crippen LogP contribution >= 0.6 is 11.8 Å². The number of halogens is 1. The number of hydrogen-bond donors (Lipinski definition) is 1. The van der Waals surface area contributed by atoms with Crippen molar-refractivity contribution >= 4 is 29.5 Å². The molecule has 22 heavy (non-hydrogen) atoms. The van der Waals surface area contributed by atoms with Gasteiger partial charge in [-0.1, -0.05) is 13.3 Å². The largest absolute Gasteiger partial charge is 0.479 e. The molecule has 0 spiro atoms. The molecule has 2 aliphatic rings. The summed E-state index contributed by atoms with van der Waals surface area (Å²) in [6.45, 7) is 1.64. The van der Waals surface area contributed by atoms with Crippen molar-refractivity contribution in [1.82, 2.24) is 9.80 Å². The number of aliphatic carboxylic acids is 1. The third-order valence-corrected chi connectivity index (χ3v) is 5.16. The number of carbonyl (C=O) groups excluding carboxylic acids is 2. The number of thioether (sulfide) groups is 1. The smallest absolute Gasteiger partial charge is 0.343 e. The van der Waals surface area contributed by atoms with E-state index in [4.69, 9.17) is 5.11 Å². The molecule has 0 aromatic rings. The first-order valence-electron chi connectivity index (χ1n) is 7.47. The van der Waals surface area contributed by atoms with Gasteiger partial charge >= 0.3 is 5.97 Å². The van der Waals surface area contributed by atoms with E-state index in [1.807, 2.05) is 6.92 Å². The lowest BCUT2D eigenvalue weighted by atomic mass is 10.1. The molecule has 0 aromatic heterocycles. The lowest BCUT2D eigenvalue weighted by Crippen LogP contribution is -2.49. The number of likely N-dealkylation sites (tertiary alicyclic amines) is 1. The molecule has 2 fully saturated rings. The third kappa shape index (κ3) is 3.37. The summed E-state index contributed by atoms with van der Waals surface area (Å²) >= 11 is 1.49. The number of nitrogens with zero attached hydrogens (tertiary/aromatic N) is 2. The monoisotopic (exact) mass is 332 g/mol. The van der Waals surface area contributed by atoms with Gasteiger partial charge in [0.15, 0.2) is 0 Å². The van der Waals surface area contributed by atoms with Crippen LogP contribution in [0, 0.1) is 0 Å². The molecule has 2 heterocycles. The summed E-state index contributed by atoms with van der Waals surface area (Å²) in [5.41, 5.74) is -2.36. The van der Waals surface area contributed by atoms with Gasteiger partial charge in [-0.25, -0.2) is 9.18 Å². The second kappa shape index (κ2) is 6.85. The first-order chi connectivity index (χ1) is 10.4. The molecule has 0 radical (unpaired) electrons. The molecule has 0 aliphatic carbocycles. The van der Waals surface area contributed by atoms with Crippen molar-refractivity contribution in [1.29, 1.82) is 0 Å². The summed E-state index contributed by atoms with van der Waals surface area (Å²) in [7, 11) is 0. The minimum Gasteiger partial charge on any atom is -0.479 e. The summed E-state index contributed by atoms with van der Waals surface area (Å²) in [4.78, 5) is 38.4. The summed E-state index contributed by atoms with van der Waals surface area (Å²) in [6, 6.07) is -0.592. The maximum Gasteiger partial charge on any atom is 0.343 e. The van der Waals surface area contributed by atoms with Crippen molar-refractivity contribution < 1.29 is 23.9 Å². The van der Waals surface area contributed by atoms with Crippen LogP contribution in [0.2, 0.25) is 0 Å². The van der Waals surface area contributed by atoms with Crippen molar-refractivity contribution in [3.8, 4) is 0 Å². The van der Waals surface area contributed by atoms with Crippen molar-refractivity contribution in [3.05, 3.63) is 0 Å². The van der Waals surface area contributed by atoms with Crippen LogP contribution < -0.4 is 0 Å². The van der Waals surface area contributed by atoms with Gasteiger partial charge in [0.1, 0.15) is 6.04 Å². The van der Waals surface area contributed by atoms with Crippen LogP contribution in [0.4, 0.5) is 4.39 Å². The van der Waals surface area contributed by atoms with E-state index in [0.717, 1.165) is 12.8 Å². The van der Waals surface area contributed by atoms with E-state index >= 15 is 0 Å². The summed E-state index contributed by atoms with van der Waals surface area (Å²) in [6.07, 6.45) is 1.89. The number of amides is 2. The SMILES string of the molecule is CCCCC(=O)N1CSCC1C(=O)N1CCC(F)(C(=O)O)C1. The lowest BCUT2D eigenvalue weighted by molar-refractivity contribution is -0.151. The van der Waals surface area contributed by atoms with Gasteiger partial charge in [0, 0.05) is 25.1 Å². The topological polar surface area (TPSA) is 77.9 Å². The highest BCUT2D eigenvalue weighted by molar-refractivity contribution is 7.99. The second-order valence-electron chi connectivity index (χ2n) is 5.76. The average Bonchev–Trinajstić information content (AvgIpc) is 3.11. The fraction of sp³-hybridized carbons (Fsp3) is 0.786. The van der Waals surface area contributed by atoms with Gasteiger partial charge in [-0.15, -0.1) is 11.8 Å². The predicted molar refractivity (Wildman–Crippen MR) is 80.2 cm³/mol. The molecule has 2 rings (SSSR count). The number of carbonyl (C=O) groups is 3. The van der Waals surface area contributed by atoms with Gasteiger partial charge < -0.3 is 14.9 Å². The van der Waals surface area contributed by atoms with E-state index in [9.17, 15) is 18.8 Å². The van der Waals surface area contributed by atoms with Crippen molar-refractivity contribution in [2.24, 2.45) is 0 Å². The summed E-state index contributed by atoms with van der Waals surface area (Å²) in [5, 5.41) is 8.89. The number of rotatable bonds is 5. The van der Waals surface area contributed by atoms with Crippen molar-refractivity contribution in [2.75, 3.05) is 24.7 Å². The number of carboxylic acid groups (broad SMARTS) is 1. The standard InChI is InChI=1S/C14H21FN2O4S/c1-2-3-4-11(18)17-9-22-7-10(17)12(19)16-6-5-14(15,8-16)13(20)21/h10H,2-9H2,1H3,(H,20,21). The minimum absolute atomic E-state index is 0.0610. The first-order valence-corrected chi connectivity index (χ1v) is 8.63. The Labute approximate surface area is 133 Å². The van der Waals surface area contributed by atoms with Crippen LogP contribution in [-0.2, 0) is 14.4 Å². The summed E-state index contributed by atoms with van der Waals surface area (Å²) in [5.74, 6) is -0.976. The van der Waals surface area contributed by atoms with Crippen LogP contribution in [0.3, 0.4) is 0 Å². The maximum absolute atomic E-state index is 14.1. The van der Waals surface area contributed by atoms with E-state index in [2.05, 4.69) is 0 Å². The number of unbranched alkanes of at least 4 members (excludes halogenated alkanes) is 1. The molecule has 2 atom stereocenters. The van der Waals surface area contributed by atoms with E-state index < -0.39 is 24.2 Å². The van der Waals surface area contributed by atoms with Gasteiger partial charge in [-0.2, -0.15) is 0 Å². The van der Waals surface area contributed by atoms with E-state index in [0.29, 0.717) is 18.1 Å². The molecule has 2 saturated heterocycles. The number of carboxylic acids is 1. The Bertz CT molecular complexity index is 476. The molecule has 2 amide bonds. The minimum atomic E-state index is -2.36. The Balaban J connectivity index is 2.00.